The van der Waals surface area contributed by atoms with Crippen LogP contribution in [0.15, 0.2) is 48.5 Å². The molecule has 2 aromatic carbocycles. The van der Waals surface area contributed by atoms with Crippen molar-refractivity contribution in [3.63, 3.8) is 0 Å². The van der Waals surface area contributed by atoms with Crippen LogP contribution >= 0.6 is 12.2 Å². The third kappa shape index (κ3) is 6.27. The molecule has 0 fully saturated rings. The Morgan fingerprint density at radius 1 is 0.926 bits per heavy atom. The molecule has 0 aliphatic rings. The van der Waals surface area contributed by atoms with Gasteiger partial charge in [-0.3, -0.25) is 20.4 Å². The summed E-state index contributed by atoms with van der Waals surface area (Å²) in [6.07, 6.45) is 0.930. The lowest BCUT2D eigenvalue weighted by atomic mass is 10.1. The maximum absolute atomic E-state index is 12.2. The summed E-state index contributed by atoms with van der Waals surface area (Å²) >= 11 is 5.03. The number of benzene rings is 2. The van der Waals surface area contributed by atoms with Gasteiger partial charge in [0.25, 0.3) is 11.8 Å². The van der Waals surface area contributed by atoms with E-state index in [9.17, 15) is 9.59 Å². The van der Waals surface area contributed by atoms with Crippen LogP contribution in [0.5, 0.6) is 5.75 Å². The lowest BCUT2D eigenvalue weighted by molar-refractivity contribution is 0.0943. The molecule has 8 heteroatoms. The number of nitrogens with one attached hydrogen (secondary N) is 4. The first-order valence-corrected chi connectivity index (χ1v) is 8.84. The first kappa shape index (κ1) is 20.2. The number of hydrogen-bond acceptors (Lipinski definition) is 4. The van der Waals surface area contributed by atoms with Crippen LogP contribution in [0, 0.1) is 0 Å². The average Bonchev–Trinajstić information content (AvgIpc) is 2.71. The highest BCUT2D eigenvalue weighted by Crippen LogP contribution is 2.14. The van der Waals surface area contributed by atoms with E-state index in [-0.39, 0.29) is 11.8 Å². The van der Waals surface area contributed by atoms with E-state index < -0.39 is 0 Å². The number of amides is 2. The highest BCUT2D eigenvalue weighted by Gasteiger charge is 2.09. The summed E-state index contributed by atoms with van der Waals surface area (Å²) in [5.74, 6) is 0.104. The zero-order chi connectivity index (χ0) is 19.6. The van der Waals surface area contributed by atoms with E-state index in [4.69, 9.17) is 17.0 Å². The molecule has 2 rings (SSSR count). The van der Waals surface area contributed by atoms with Crippen molar-refractivity contribution in [3.05, 3.63) is 59.7 Å². The van der Waals surface area contributed by atoms with Gasteiger partial charge in [0, 0.05) is 23.4 Å². The van der Waals surface area contributed by atoms with E-state index in [2.05, 4.69) is 21.5 Å². The number of thiocarbonyl (C=S) groups is 1. The molecule has 27 heavy (non-hydrogen) atoms. The molecule has 7 nitrogen and oxygen atoms in total. The predicted molar refractivity (Wildman–Crippen MR) is 109 cm³/mol. The Morgan fingerprint density at radius 2 is 1.52 bits per heavy atom. The largest absolute Gasteiger partial charge is 0.497 e. The van der Waals surface area contributed by atoms with Gasteiger partial charge in [-0.05, 0) is 67.2 Å². The molecule has 0 saturated carbocycles. The number of carbonyl (C=O) groups excluding carboxylic acids is 2. The number of hydrazine groups is 1. The molecule has 0 aromatic heterocycles. The summed E-state index contributed by atoms with van der Waals surface area (Å²) in [5.41, 5.74) is 6.67. The molecule has 0 saturated heterocycles. The molecule has 2 aromatic rings. The zero-order valence-corrected chi connectivity index (χ0v) is 16.0. The van der Waals surface area contributed by atoms with E-state index >= 15 is 0 Å². The summed E-state index contributed by atoms with van der Waals surface area (Å²) in [6, 6.07) is 13.3. The second-order valence-corrected chi connectivity index (χ2v) is 6.00. The lowest BCUT2D eigenvalue weighted by Gasteiger charge is -2.11. The van der Waals surface area contributed by atoms with Gasteiger partial charge in [0.1, 0.15) is 5.75 Å². The number of methoxy groups -OCH3 is 1. The maximum atomic E-state index is 12.2. The van der Waals surface area contributed by atoms with Crippen LogP contribution in [0.3, 0.4) is 0 Å². The predicted octanol–water partition coefficient (Wildman–Crippen LogP) is 2.47. The fourth-order valence-corrected chi connectivity index (χ4v) is 2.27. The summed E-state index contributed by atoms with van der Waals surface area (Å²) in [4.78, 5) is 24.3. The molecule has 0 aliphatic heterocycles. The smallest absolute Gasteiger partial charge is 0.269 e. The topological polar surface area (TPSA) is 91.5 Å². The lowest BCUT2D eigenvalue weighted by Crippen LogP contribution is -2.46. The van der Waals surface area contributed by atoms with Gasteiger partial charge in [-0.15, -0.1) is 0 Å². The Kier molecular flexibility index (Phi) is 7.57. The van der Waals surface area contributed by atoms with Crippen LogP contribution in [0.1, 0.15) is 34.1 Å². The third-order valence-electron chi connectivity index (χ3n) is 3.58. The maximum Gasteiger partial charge on any atom is 0.269 e. The second-order valence-electron chi connectivity index (χ2n) is 5.60. The van der Waals surface area contributed by atoms with Crippen molar-refractivity contribution in [2.75, 3.05) is 19.0 Å². The molecule has 0 heterocycles. The van der Waals surface area contributed by atoms with E-state index in [0.717, 1.165) is 13.0 Å². The third-order valence-corrected chi connectivity index (χ3v) is 3.83. The van der Waals surface area contributed by atoms with Crippen LogP contribution < -0.4 is 26.2 Å². The quantitative estimate of drug-likeness (QED) is 0.450. The monoisotopic (exact) mass is 386 g/mol. The normalized spacial score (nSPS) is 9.85. The molecule has 2 amide bonds. The SMILES string of the molecule is CCCNC(=S)NNC(=O)c1ccc(NC(=O)c2ccc(OC)cc2)cc1. The van der Waals surface area contributed by atoms with E-state index in [1.807, 2.05) is 6.92 Å². The standard InChI is InChI=1S/C19H22N4O3S/c1-3-12-20-19(27)23-22-18(25)14-4-8-15(9-5-14)21-17(24)13-6-10-16(26-2)11-7-13/h4-11H,3,12H2,1-2H3,(H,21,24)(H,22,25)(H2,20,23,27). The number of carbonyl (C=O) groups is 2. The highest BCUT2D eigenvalue weighted by atomic mass is 32.1. The summed E-state index contributed by atoms with van der Waals surface area (Å²) in [5, 5.41) is 6.08. The number of anilines is 1. The summed E-state index contributed by atoms with van der Waals surface area (Å²) in [7, 11) is 1.57. The minimum Gasteiger partial charge on any atom is -0.497 e. The first-order chi connectivity index (χ1) is 13.0. The van der Waals surface area contributed by atoms with Gasteiger partial charge < -0.3 is 15.4 Å². The van der Waals surface area contributed by atoms with Gasteiger partial charge in [0.05, 0.1) is 7.11 Å². The van der Waals surface area contributed by atoms with Gasteiger partial charge in [-0.2, -0.15) is 0 Å². The van der Waals surface area contributed by atoms with Gasteiger partial charge >= 0.3 is 0 Å². The van der Waals surface area contributed by atoms with Crippen molar-refractivity contribution in [1.82, 2.24) is 16.2 Å². The molecular weight excluding hydrogens is 364 g/mol. The van der Waals surface area contributed by atoms with Gasteiger partial charge in [-0.1, -0.05) is 6.92 Å². The minimum atomic E-state index is -0.330. The van der Waals surface area contributed by atoms with E-state index in [0.29, 0.717) is 27.7 Å². The molecule has 0 bridgehead atoms. The van der Waals surface area contributed by atoms with Gasteiger partial charge in [0.2, 0.25) is 0 Å². The Labute approximate surface area is 163 Å². The second kappa shape index (κ2) is 10.1. The fourth-order valence-electron chi connectivity index (χ4n) is 2.12. The first-order valence-electron chi connectivity index (χ1n) is 8.43. The molecule has 0 radical (unpaired) electrons. The zero-order valence-electron chi connectivity index (χ0n) is 15.2. The number of rotatable bonds is 6. The van der Waals surface area contributed by atoms with Gasteiger partial charge in [-0.25, -0.2) is 0 Å². The molecule has 142 valence electrons. The average molecular weight is 386 g/mol. The Bertz CT molecular complexity index is 792. The Balaban J connectivity index is 1.89. The van der Waals surface area contributed by atoms with Crippen LogP contribution in [-0.4, -0.2) is 30.6 Å². The van der Waals surface area contributed by atoms with Crippen molar-refractivity contribution in [2.45, 2.75) is 13.3 Å². The molecular formula is C19H22N4O3S. The van der Waals surface area contributed by atoms with Crippen LogP contribution in [0.2, 0.25) is 0 Å². The number of hydrogen-bond donors (Lipinski definition) is 4. The van der Waals surface area contributed by atoms with Crippen molar-refractivity contribution in [3.8, 4) is 5.75 Å². The van der Waals surface area contributed by atoms with E-state index in [1.165, 1.54) is 0 Å². The minimum absolute atomic E-state index is 0.246. The van der Waals surface area contributed by atoms with E-state index in [1.54, 1.807) is 55.6 Å². The highest BCUT2D eigenvalue weighted by molar-refractivity contribution is 7.80. The van der Waals surface area contributed by atoms with Crippen LogP contribution in [-0.2, 0) is 0 Å². The van der Waals surface area contributed by atoms with Crippen LogP contribution in [0.4, 0.5) is 5.69 Å². The Morgan fingerprint density at radius 3 is 2.11 bits per heavy atom. The molecule has 0 atom stereocenters. The molecule has 0 aliphatic carbocycles. The molecule has 0 unspecified atom stereocenters. The summed E-state index contributed by atoms with van der Waals surface area (Å²) in [6.45, 7) is 2.74. The fraction of sp³-hybridized carbons (Fsp3) is 0.211. The molecule has 0 spiro atoms. The van der Waals surface area contributed by atoms with Crippen molar-refractivity contribution >= 4 is 34.8 Å². The van der Waals surface area contributed by atoms with Crippen molar-refractivity contribution in [1.29, 1.82) is 0 Å². The molecule has 4 N–H and O–H groups in total. The van der Waals surface area contributed by atoms with Crippen molar-refractivity contribution in [2.24, 2.45) is 0 Å². The summed E-state index contributed by atoms with van der Waals surface area (Å²) < 4.78 is 5.07. The van der Waals surface area contributed by atoms with Gasteiger partial charge in [0.15, 0.2) is 5.11 Å². The number of ether oxygens (including phenoxy) is 1. The Hall–Kier alpha value is -3.13. The van der Waals surface area contributed by atoms with Crippen LogP contribution in [0.25, 0.3) is 0 Å². The van der Waals surface area contributed by atoms with Crippen molar-refractivity contribution < 1.29 is 14.3 Å².